The molecule has 138 valence electrons. The van der Waals surface area contributed by atoms with Crippen LogP contribution in [0.2, 0.25) is 0 Å². The Morgan fingerprint density at radius 1 is 1.38 bits per heavy atom. The van der Waals surface area contributed by atoms with Crippen LogP contribution in [0.4, 0.5) is 5.13 Å². The molecule has 8 nitrogen and oxygen atoms in total. The van der Waals surface area contributed by atoms with Gasteiger partial charge in [-0.25, -0.2) is 14.6 Å². The monoisotopic (exact) mass is 376 g/mol. The Labute approximate surface area is 154 Å². The third-order valence-electron chi connectivity index (χ3n) is 3.59. The van der Waals surface area contributed by atoms with Crippen molar-refractivity contribution >= 4 is 28.3 Å². The maximum absolute atomic E-state index is 12.5. The van der Waals surface area contributed by atoms with Crippen LogP contribution in [0.15, 0.2) is 23.5 Å². The molecule has 1 atom stereocenters. The number of thiazole rings is 1. The van der Waals surface area contributed by atoms with Crippen molar-refractivity contribution in [2.45, 2.75) is 33.7 Å². The lowest BCUT2D eigenvalue weighted by molar-refractivity contribution is -0.118. The van der Waals surface area contributed by atoms with Crippen molar-refractivity contribution < 1.29 is 14.3 Å². The molecule has 26 heavy (non-hydrogen) atoms. The number of rotatable bonds is 6. The molecule has 0 saturated heterocycles. The van der Waals surface area contributed by atoms with E-state index in [1.165, 1.54) is 10.6 Å². The first-order chi connectivity index (χ1) is 12.2. The summed E-state index contributed by atoms with van der Waals surface area (Å²) in [4.78, 5) is 44.9. The Morgan fingerprint density at radius 3 is 2.69 bits per heavy atom. The Kier molecular flexibility index (Phi) is 6.04. The second kappa shape index (κ2) is 8.05. The van der Waals surface area contributed by atoms with Crippen molar-refractivity contribution in [2.75, 3.05) is 11.9 Å². The van der Waals surface area contributed by atoms with E-state index in [1.807, 2.05) is 0 Å². The number of nitrogens with zero attached hydrogens (tertiary/aromatic N) is 3. The first-order valence-electron chi connectivity index (χ1n) is 7.87. The van der Waals surface area contributed by atoms with E-state index < -0.39 is 23.6 Å². The highest BCUT2D eigenvalue weighted by atomic mass is 32.1. The Morgan fingerprint density at radius 2 is 2.08 bits per heavy atom. The van der Waals surface area contributed by atoms with Gasteiger partial charge in [0.25, 0.3) is 0 Å². The minimum atomic E-state index is -0.782. The molecule has 2 aromatic rings. The highest BCUT2D eigenvalue weighted by Crippen LogP contribution is 2.24. The number of amides is 1. The summed E-state index contributed by atoms with van der Waals surface area (Å²) in [5.74, 6) is -0.955. The number of ether oxygens (including phenoxy) is 1. The van der Waals surface area contributed by atoms with Crippen molar-refractivity contribution in [2.24, 2.45) is 0 Å². The molecule has 2 heterocycles. The molecule has 1 unspecified atom stereocenters. The number of anilines is 1. The van der Waals surface area contributed by atoms with E-state index in [0.717, 1.165) is 11.3 Å². The summed E-state index contributed by atoms with van der Waals surface area (Å²) in [5.41, 5.74) is 1.19. The lowest BCUT2D eigenvalue weighted by Crippen LogP contribution is -2.34. The van der Waals surface area contributed by atoms with Crippen LogP contribution in [0.3, 0.4) is 0 Å². The van der Waals surface area contributed by atoms with Gasteiger partial charge in [0.2, 0.25) is 5.91 Å². The molecule has 0 aromatic carbocycles. The molecule has 0 aliphatic rings. The standard InChI is InChI=1S/C17H20N4O4S/c1-6-7-25-15(23)13-11(4)19-16(26-13)20-14(22)12(5)21-10(3)8-9(2)18-17(21)24/h6,8,12H,1,7H2,2-5H3,(H,19,20,22). The number of esters is 1. The molecule has 0 fully saturated rings. The predicted octanol–water partition coefficient (Wildman–Crippen LogP) is 2.17. The van der Waals surface area contributed by atoms with Gasteiger partial charge < -0.3 is 10.1 Å². The van der Waals surface area contributed by atoms with Crippen molar-refractivity contribution in [3.05, 3.63) is 51.2 Å². The smallest absolute Gasteiger partial charge is 0.350 e. The minimum absolute atomic E-state index is 0.0948. The summed E-state index contributed by atoms with van der Waals surface area (Å²) in [6, 6.07) is 0.947. The van der Waals surface area contributed by atoms with Gasteiger partial charge in [-0.05, 0) is 33.8 Å². The molecular formula is C17H20N4O4S. The van der Waals surface area contributed by atoms with Crippen LogP contribution in [0.5, 0.6) is 0 Å². The van der Waals surface area contributed by atoms with Gasteiger partial charge in [-0.3, -0.25) is 9.36 Å². The quantitative estimate of drug-likeness (QED) is 0.612. The third kappa shape index (κ3) is 4.23. The van der Waals surface area contributed by atoms with Crippen molar-refractivity contribution in [3.8, 4) is 0 Å². The van der Waals surface area contributed by atoms with Gasteiger partial charge in [-0.1, -0.05) is 24.0 Å². The Balaban J connectivity index is 2.19. The molecule has 0 aliphatic carbocycles. The van der Waals surface area contributed by atoms with Crippen molar-refractivity contribution in [1.82, 2.24) is 14.5 Å². The average Bonchev–Trinajstić information content (AvgIpc) is 2.91. The normalized spacial score (nSPS) is 11.7. The summed E-state index contributed by atoms with van der Waals surface area (Å²) in [7, 11) is 0. The predicted molar refractivity (Wildman–Crippen MR) is 98.6 cm³/mol. The van der Waals surface area contributed by atoms with Gasteiger partial charge in [0.15, 0.2) is 5.13 Å². The molecular weight excluding hydrogens is 356 g/mol. The van der Waals surface area contributed by atoms with Crippen molar-refractivity contribution in [3.63, 3.8) is 0 Å². The molecule has 9 heteroatoms. The fourth-order valence-electron chi connectivity index (χ4n) is 2.40. The summed E-state index contributed by atoms with van der Waals surface area (Å²) in [5, 5.41) is 2.89. The number of carbonyl (C=O) groups is 2. The summed E-state index contributed by atoms with van der Waals surface area (Å²) in [6.45, 7) is 10.3. The molecule has 2 aromatic heterocycles. The van der Waals surface area contributed by atoms with Crippen LogP contribution >= 0.6 is 11.3 Å². The zero-order valence-corrected chi connectivity index (χ0v) is 15.8. The lowest BCUT2D eigenvalue weighted by atomic mass is 10.2. The van der Waals surface area contributed by atoms with Gasteiger partial charge in [-0.15, -0.1) is 0 Å². The molecule has 0 saturated carbocycles. The first-order valence-corrected chi connectivity index (χ1v) is 8.69. The maximum Gasteiger partial charge on any atom is 0.350 e. The zero-order chi connectivity index (χ0) is 19.4. The van der Waals surface area contributed by atoms with Crippen LogP contribution in [-0.4, -0.2) is 33.0 Å². The number of aromatic nitrogens is 3. The first kappa shape index (κ1) is 19.5. The molecule has 2 rings (SSSR count). The van der Waals surface area contributed by atoms with E-state index in [9.17, 15) is 14.4 Å². The molecule has 0 aliphatic heterocycles. The van der Waals surface area contributed by atoms with E-state index in [4.69, 9.17) is 4.74 Å². The molecule has 1 N–H and O–H groups in total. The number of aryl methyl sites for hydroxylation is 3. The third-order valence-corrected chi connectivity index (χ3v) is 4.64. The van der Waals surface area contributed by atoms with Crippen LogP contribution in [0.25, 0.3) is 0 Å². The zero-order valence-electron chi connectivity index (χ0n) is 15.0. The van der Waals surface area contributed by atoms with Crippen LogP contribution in [-0.2, 0) is 9.53 Å². The lowest BCUT2D eigenvalue weighted by Gasteiger charge is -2.16. The van der Waals surface area contributed by atoms with E-state index >= 15 is 0 Å². The van der Waals surface area contributed by atoms with E-state index in [1.54, 1.807) is 33.8 Å². The minimum Gasteiger partial charge on any atom is -0.457 e. The highest BCUT2D eigenvalue weighted by Gasteiger charge is 2.22. The fourth-order valence-corrected chi connectivity index (χ4v) is 3.26. The topological polar surface area (TPSA) is 103 Å². The molecule has 0 spiro atoms. The number of carbonyl (C=O) groups excluding carboxylic acids is 2. The van der Waals surface area contributed by atoms with Gasteiger partial charge in [0.05, 0.1) is 5.69 Å². The summed E-state index contributed by atoms with van der Waals surface area (Å²) < 4.78 is 6.29. The van der Waals surface area contributed by atoms with E-state index in [0.29, 0.717) is 22.0 Å². The SMILES string of the molecule is C=CCOC(=O)c1sc(NC(=O)C(C)n2c(C)cc(C)nc2=O)nc1C. The molecule has 1 amide bonds. The maximum atomic E-state index is 12.5. The van der Waals surface area contributed by atoms with Gasteiger partial charge >= 0.3 is 11.7 Å². The van der Waals surface area contributed by atoms with Crippen LogP contribution in [0.1, 0.15) is 39.7 Å². The van der Waals surface area contributed by atoms with Gasteiger partial charge in [0.1, 0.15) is 17.5 Å². The molecule has 0 bridgehead atoms. The van der Waals surface area contributed by atoms with Gasteiger partial charge in [0, 0.05) is 11.4 Å². The summed E-state index contributed by atoms with van der Waals surface area (Å²) >= 11 is 1.01. The van der Waals surface area contributed by atoms with Crippen LogP contribution in [0, 0.1) is 20.8 Å². The fraction of sp³-hybridized carbons (Fsp3) is 0.353. The van der Waals surface area contributed by atoms with E-state index in [2.05, 4.69) is 21.9 Å². The second-order valence-electron chi connectivity index (χ2n) is 5.68. The van der Waals surface area contributed by atoms with Crippen LogP contribution < -0.4 is 11.0 Å². The Hall–Kier alpha value is -2.81. The van der Waals surface area contributed by atoms with Crippen molar-refractivity contribution in [1.29, 1.82) is 0 Å². The summed E-state index contributed by atoms with van der Waals surface area (Å²) in [6.07, 6.45) is 1.47. The number of nitrogens with one attached hydrogen (secondary N) is 1. The number of hydrogen-bond acceptors (Lipinski definition) is 7. The second-order valence-corrected chi connectivity index (χ2v) is 6.68. The molecule has 0 radical (unpaired) electrons. The van der Waals surface area contributed by atoms with Gasteiger partial charge in [-0.2, -0.15) is 4.98 Å². The average molecular weight is 376 g/mol. The number of hydrogen-bond donors (Lipinski definition) is 1. The highest BCUT2D eigenvalue weighted by molar-refractivity contribution is 7.17. The Bertz CT molecular complexity index is 916. The van der Waals surface area contributed by atoms with E-state index in [-0.39, 0.29) is 11.7 Å². The largest absolute Gasteiger partial charge is 0.457 e.